The number of nitrogens with zero attached hydrogens (tertiary/aromatic N) is 2. The number of halogens is 3. The van der Waals surface area contributed by atoms with E-state index in [0.29, 0.717) is 5.90 Å². The third-order valence-corrected chi connectivity index (χ3v) is 5.23. The molecule has 2 unspecified atom stereocenters. The topological polar surface area (TPSA) is 53.9 Å². The van der Waals surface area contributed by atoms with Crippen LogP contribution in [-0.4, -0.2) is 24.0 Å². The van der Waals surface area contributed by atoms with Gasteiger partial charge < -0.3 is 10.1 Å². The molecule has 0 aromatic heterocycles. The summed E-state index contributed by atoms with van der Waals surface area (Å²) in [5.74, 6) is 0.0228. The molecule has 1 aliphatic rings. The van der Waals surface area contributed by atoms with Crippen molar-refractivity contribution in [3.63, 3.8) is 0 Å². The van der Waals surface area contributed by atoms with Crippen LogP contribution in [0.4, 0.5) is 23.7 Å². The maximum atomic E-state index is 13.1. The Morgan fingerprint density at radius 2 is 1.47 bits per heavy atom. The van der Waals surface area contributed by atoms with Crippen molar-refractivity contribution < 1.29 is 22.7 Å². The second kappa shape index (κ2) is 8.74. The van der Waals surface area contributed by atoms with Gasteiger partial charge >= 0.3 is 12.2 Å². The number of nitrogens with one attached hydrogen (secondary N) is 1. The number of urea groups is 1. The molecule has 0 spiro atoms. The van der Waals surface area contributed by atoms with Crippen molar-refractivity contribution in [2.45, 2.75) is 18.1 Å². The van der Waals surface area contributed by atoms with Crippen LogP contribution in [0.1, 0.15) is 28.7 Å². The Morgan fingerprint density at radius 1 is 0.906 bits per heavy atom. The molecule has 0 fully saturated rings. The van der Waals surface area contributed by atoms with Crippen molar-refractivity contribution in [1.29, 1.82) is 0 Å². The van der Waals surface area contributed by atoms with Gasteiger partial charge in [0, 0.05) is 5.69 Å². The van der Waals surface area contributed by atoms with Gasteiger partial charge in [0.25, 0.3) is 0 Å². The molecule has 32 heavy (non-hydrogen) atoms. The molecule has 0 saturated heterocycles. The summed E-state index contributed by atoms with van der Waals surface area (Å²) < 4.78 is 44.0. The van der Waals surface area contributed by atoms with Crippen LogP contribution in [0.15, 0.2) is 90.0 Å². The molecule has 8 heteroatoms. The van der Waals surface area contributed by atoms with Crippen molar-refractivity contribution in [2.75, 3.05) is 12.4 Å². The van der Waals surface area contributed by atoms with Crippen molar-refractivity contribution in [2.24, 2.45) is 5.10 Å². The maximum Gasteiger partial charge on any atom is 0.416 e. The third kappa shape index (κ3) is 4.30. The van der Waals surface area contributed by atoms with Crippen LogP contribution in [0.3, 0.4) is 0 Å². The molecule has 0 bridgehead atoms. The molecule has 5 nitrogen and oxygen atoms in total. The smallest absolute Gasteiger partial charge is 0.416 e. The lowest BCUT2D eigenvalue weighted by Crippen LogP contribution is -2.33. The van der Waals surface area contributed by atoms with Crippen LogP contribution in [0.2, 0.25) is 0 Å². The number of carbonyl (C=O) groups is 1. The fourth-order valence-corrected chi connectivity index (χ4v) is 3.74. The number of carbonyl (C=O) groups excluding carboxylic acids is 1. The molecule has 4 rings (SSSR count). The zero-order valence-corrected chi connectivity index (χ0v) is 17.1. The highest BCUT2D eigenvalue weighted by Crippen LogP contribution is 2.42. The largest absolute Gasteiger partial charge is 0.483 e. The first-order chi connectivity index (χ1) is 15.4. The van der Waals surface area contributed by atoms with Crippen molar-refractivity contribution in [3.05, 3.63) is 102 Å². The minimum absolute atomic E-state index is 0.229. The molecule has 2 amide bonds. The Labute approximate surface area is 183 Å². The number of hydrazone groups is 1. The van der Waals surface area contributed by atoms with Gasteiger partial charge in [-0.2, -0.15) is 13.2 Å². The van der Waals surface area contributed by atoms with E-state index in [-0.39, 0.29) is 11.6 Å². The predicted octanol–water partition coefficient (Wildman–Crippen LogP) is 6.04. The van der Waals surface area contributed by atoms with E-state index in [1.54, 1.807) is 0 Å². The highest BCUT2D eigenvalue weighted by molar-refractivity contribution is 5.95. The van der Waals surface area contributed by atoms with E-state index in [2.05, 4.69) is 10.4 Å². The summed E-state index contributed by atoms with van der Waals surface area (Å²) in [7, 11) is 1.49. The van der Waals surface area contributed by atoms with E-state index in [9.17, 15) is 18.0 Å². The lowest BCUT2D eigenvalue weighted by Gasteiger charge is -2.27. The Morgan fingerprint density at radius 3 is 2.00 bits per heavy atom. The number of ether oxygens (including phenoxy) is 1. The molecule has 0 aliphatic carbocycles. The van der Waals surface area contributed by atoms with Crippen molar-refractivity contribution >= 4 is 17.6 Å². The molecule has 0 saturated carbocycles. The Kier molecular flexibility index (Phi) is 5.85. The molecule has 164 valence electrons. The Balaban J connectivity index is 1.66. The monoisotopic (exact) mass is 439 g/mol. The normalized spacial score (nSPS) is 18.2. The maximum absolute atomic E-state index is 13.1. The average molecular weight is 439 g/mol. The number of anilines is 1. The molecule has 1 aliphatic heterocycles. The van der Waals surface area contributed by atoms with Gasteiger partial charge in [0.15, 0.2) is 0 Å². The second-order valence-corrected chi connectivity index (χ2v) is 7.24. The molecule has 0 radical (unpaired) electrons. The van der Waals surface area contributed by atoms with E-state index in [1.807, 2.05) is 60.7 Å². The van der Waals surface area contributed by atoms with Gasteiger partial charge in [0.1, 0.15) is 0 Å². The van der Waals surface area contributed by atoms with E-state index in [1.165, 1.54) is 24.3 Å². The first-order valence-electron chi connectivity index (χ1n) is 9.88. The predicted molar refractivity (Wildman–Crippen MR) is 115 cm³/mol. The standard InChI is InChI=1S/C24H20F3N3O2/c1-32-22-20(16-8-4-2-5-9-16)21(17-10-6-3-7-11-17)30(29-22)23(31)28-19-14-12-18(13-15-19)24(25,26)27/h2-15,20-21H,1H3,(H,28,31). The Bertz CT molecular complexity index is 1100. The fraction of sp³-hybridized carbons (Fsp3) is 0.167. The van der Waals surface area contributed by atoms with Crippen LogP contribution >= 0.6 is 0 Å². The van der Waals surface area contributed by atoms with Gasteiger partial charge in [-0.1, -0.05) is 60.7 Å². The quantitative estimate of drug-likeness (QED) is 0.541. The van der Waals surface area contributed by atoms with Crippen molar-refractivity contribution in [1.82, 2.24) is 5.01 Å². The highest BCUT2D eigenvalue weighted by atomic mass is 19.4. The fourth-order valence-electron chi connectivity index (χ4n) is 3.74. The summed E-state index contributed by atoms with van der Waals surface area (Å²) in [6.07, 6.45) is -4.45. The van der Waals surface area contributed by atoms with Gasteiger partial charge in [0.2, 0.25) is 5.90 Å². The van der Waals surface area contributed by atoms with E-state index >= 15 is 0 Å². The van der Waals surface area contributed by atoms with E-state index < -0.39 is 23.8 Å². The van der Waals surface area contributed by atoms with Crippen molar-refractivity contribution in [3.8, 4) is 0 Å². The summed E-state index contributed by atoms with van der Waals surface area (Å²) in [5.41, 5.74) is 1.21. The third-order valence-electron chi connectivity index (χ3n) is 5.23. The van der Waals surface area contributed by atoms with Gasteiger partial charge in [-0.15, -0.1) is 5.10 Å². The van der Waals surface area contributed by atoms with E-state index in [4.69, 9.17) is 4.74 Å². The number of hydrogen-bond donors (Lipinski definition) is 1. The molecule has 3 aromatic carbocycles. The number of alkyl halides is 3. The zero-order valence-electron chi connectivity index (χ0n) is 17.1. The summed E-state index contributed by atoms with van der Waals surface area (Å²) in [5, 5.41) is 8.33. The van der Waals surface area contributed by atoms with Gasteiger partial charge in [-0.05, 0) is 35.4 Å². The van der Waals surface area contributed by atoms with Crippen LogP contribution in [0, 0.1) is 0 Å². The Hall–Kier alpha value is -3.81. The lowest BCUT2D eigenvalue weighted by atomic mass is 9.87. The molecule has 1 heterocycles. The first kappa shape index (κ1) is 21.4. The second-order valence-electron chi connectivity index (χ2n) is 7.24. The van der Waals surface area contributed by atoms with E-state index in [0.717, 1.165) is 23.3 Å². The number of hydrogen-bond acceptors (Lipinski definition) is 3. The van der Waals surface area contributed by atoms with Gasteiger partial charge in [-0.25, -0.2) is 9.80 Å². The van der Waals surface area contributed by atoms with Crippen LogP contribution in [0.25, 0.3) is 0 Å². The summed E-state index contributed by atoms with van der Waals surface area (Å²) in [4.78, 5) is 13.1. The van der Waals surface area contributed by atoms with Crippen LogP contribution in [-0.2, 0) is 10.9 Å². The molecular weight excluding hydrogens is 419 g/mol. The number of benzene rings is 3. The minimum atomic E-state index is -4.45. The molecule has 3 aromatic rings. The summed E-state index contributed by atoms with van der Waals surface area (Å²) in [6, 6.07) is 22.2. The number of methoxy groups -OCH3 is 1. The minimum Gasteiger partial charge on any atom is -0.483 e. The summed E-state index contributed by atoms with van der Waals surface area (Å²) >= 11 is 0. The average Bonchev–Trinajstić information content (AvgIpc) is 3.20. The molecule has 1 N–H and O–H groups in total. The number of amides is 2. The lowest BCUT2D eigenvalue weighted by molar-refractivity contribution is -0.137. The van der Waals surface area contributed by atoms with Gasteiger partial charge in [0.05, 0.1) is 24.6 Å². The van der Waals surface area contributed by atoms with Gasteiger partial charge in [-0.3, -0.25) is 0 Å². The molecular formula is C24H20F3N3O2. The molecule has 2 atom stereocenters. The van der Waals surface area contributed by atoms with Crippen LogP contribution in [0.5, 0.6) is 0 Å². The highest BCUT2D eigenvalue weighted by Gasteiger charge is 2.43. The summed E-state index contributed by atoms with van der Waals surface area (Å²) in [6.45, 7) is 0. The number of rotatable bonds is 3. The SMILES string of the molecule is COC1=NN(C(=O)Nc2ccc(C(F)(F)F)cc2)C(c2ccccc2)C1c1ccccc1. The van der Waals surface area contributed by atoms with Crippen LogP contribution < -0.4 is 5.32 Å². The zero-order chi connectivity index (χ0) is 22.7. The first-order valence-corrected chi connectivity index (χ1v) is 9.88.